The van der Waals surface area contributed by atoms with Gasteiger partial charge in [0, 0.05) is 9.99 Å². The Balaban J connectivity index is 2.16. The molecule has 0 amide bonds. The fourth-order valence-corrected chi connectivity index (χ4v) is 2.49. The van der Waals surface area contributed by atoms with Crippen LogP contribution >= 0.6 is 22.6 Å². The molecule has 0 saturated carbocycles. The molecule has 0 heterocycles. The molecule has 0 bridgehead atoms. The number of aliphatic hydroxyl groups excluding tert-OH is 1. The van der Waals surface area contributed by atoms with Gasteiger partial charge in [-0.3, -0.25) is 0 Å². The molecule has 0 radical (unpaired) electrons. The van der Waals surface area contributed by atoms with Gasteiger partial charge in [0.25, 0.3) is 0 Å². The molecule has 0 aromatic heterocycles. The number of hydrogen-bond acceptors (Lipinski definition) is 1. The van der Waals surface area contributed by atoms with Crippen LogP contribution < -0.4 is 0 Å². The van der Waals surface area contributed by atoms with Crippen molar-refractivity contribution in [3.05, 3.63) is 68.8 Å². The molecule has 0 aliphatic heterocycles. The molecule has 2 aromatic carbocycles. The van der Waals surface area contributed by atoms with E-state index in [1.165, 1.54) is 14.7 Å². The number of halogens is 1. The minimum atomic E-state index is -0.416. The van der Waals surface area contributed by atoms with Crippen LogP contribution in [0.3, 0.4) is 0 Å². The highest BCUT2D eigenvalue weighted by Crippen LogP contribution is 2.22. The van der Waals surface area contributed by atoms with E-state index in [1.807, 2.05) is 18.2 Å². The Morgan fingerprint density at radius 2 is 1.72 bits per heavy atom. The van der Waals surface area contributed by atoms with Crippen molar-refractivity contribution in [2.75, 3.05) is 0 Å². The Labute approximate surface area is 122 Å². The van der Waals surface area contributed by atoms with E-state index in [9.17, 15) is 5.11 Å². The first-order valence-corrected chi connectivity index (χ1v) is 7.29. The van der Waals surface area contributed by atoms with Gasteiger partial charge in [0.05, 0.1) is 6.10 Å². The van der Waals surface area contributed by atoms with Crippen LogP contribution in [0.4, 0.5) is 0 Å². The summed E-state index contributed by atoms with van der Waals surface area (Å²) in [6, 6.07) is 16.5. The van der Waals surface area contributed by atoms with E-state index in [-0.39, 0.29) is 0 Å². The average molecular weight is 352 g/mol. The van der Waals surface area contributed by atoms with Crippen LogP contribution in [-0.2, 0) is 12.8 Å². The third-order valence-electron chi connectivity index (χ3n) is 3.14. The summed E-state index contributed by atoms with van der Waals surface area (Å²) >= 11 is 2.29. The normalized spacial score (nSPS) is 12.4. The SMILES string of the molecule is CCc1ccccc1C(O)Cc1ccc(I)cc1. The van der Waals surface area contributed by atoms with Gasteiger partial charge < -0.3 is 5.11 Å². The fourth-order valence-electron chi connectivity index (χ4n) is 2.13. The number of hydrogen-bond donors (Lipinski definition) is 1. The van der Waals surface area contributed by atoms with E-state index in [0.29, 0.717) is 6.42 Å². The Hall–Kier alpha value is -0.870. The maximum atomic E-state index is 10.4. The van der Waals surface area contributed by atoms with Crippen molar-refractivity contribution in [3.8, 4) is 0 Å². The van der Waals surface area contributed by atoms with Crippen molar-refractivity contribution in [2.24, 2.45) is 0 Å². The molecular formula is C16H17IO. The summed E-state index contributed by atoms with van der Waals surface area (Å²) in [6.45, 7) is 2.12. The Morgan fingerprint density at radius 1 is 1.06 bits per heavy atom. The van der Waals surface area contributed by atoms with Gasteiger partial charge in [-0.05, 0) is 57.8 Å². The monoisotopic (exact) mass is 352 g/mol. The van der Waals surface area contributed by atoms with E-state index < -0.39 is 6.10 Å². The minimum Gasteiger partial charge on any atom is -0.388 e. The lowest BCUT2D eigenvalue weighted by Gasteiger charge is -2.15. The maximum absolute atomic E-state index is 10.4. The molecule has 1 N–H and O–H groups in total. The molecule has 94 valence electrons. The highest BCUT2D eigenvalue weighted by molar-refractivity contribution is 14.1. The second-order valence-electron chi connectivity index (χ2n) is 4.40. The topological polar surface area (TPSA) is 20.2 Å². The highest BCUT2D eigenvalue weighted by Gasteiger charge is 2.11. The molecule has 0 fully saturated rings. The largest absolute Gasteiger partial charge is 0.388 e. The second-order valence-corrected chi connectivity index (χ2v) is 5.64. The zero-order chi connectivity index (χ0) is 13.0. The third kappa shape index (κ3) is 3.33. The molecule has 18 heavy (non-hydrogen) atoms. The Morgan fingerprint density at radius 3 is 2.39 bits per heavy atom. The Bertz CT molecular complexity index is 505. The van der Waals surface area contributed by atoms with Crippen LogP contribution in [0, 0.1) is 3.57 Å². The molecule has 2 rings (SSSR count). The van der Waals surface area contributed by atoms with Crippen molar-refractivity contribution in [3.63, 3.8) is 0 Å². The van der Waals surface area contributed by atoms with Crippen LogP contribution in [0.5, 0.6) is 0 Å². The molecule has 0 aliphatic rings. The summed E-state index contributed by atoms with van der Waals surface area (Å²) in [4.78, 5) is 0. The van der Waals surface area contributed by atoms with Crippen LogP contribution in [0.1, 0.15) is 29.7 Å². The standard InChI is InChI=1S/C16H17IO/c1-2-13-5-3-4-6-15(13)16(18)11-12-7-9-14(17)10-8-12/h3-10,16,18H,2,11H2,1H3. The van der Waals surface area contributed by atoms with E-state index >= 15 is 0 Å². The summed E-state index contributed by atoms with van der Waals surface area (Å²) < 4.78 is 1.22. The average Bonchev–Trinajstić information content (AvgIpc) is 2.41. The lowest BCUT2D eigenvalue weighted by atomic mass is 9.96. The van der Waals surface area contributed by atoms with Gasteiger partial charge in [0.2, 0.25) is 0 Å². The predicted molar refractivity (Wildman–Crippen MR) is 83.6 cm³/mol. The number of benzene rings is 2. The molecule has 2 heteroatoms. The first-order chi connectivity index (χ1) is 8.70. The van der Waals surface area contributed by atoms with Crippen molar-refractivity contribution >= 4 is 22.6 Å². The summed E-state index contributed by atoms with van der Waals surface area (Å²) in [6.07, 6.45) is 1.22. The summed E-state index contributed by atoms with van der Waals surface area (Å²) in [7, 11) is 0. The number of aliphatic hydroxyl groups is 1. The second kappa shape index (κ2) is 6.34. The van der Waals surface area contributed by atoms with Crippen molar-refractivity contribution in [1.29, 1.82) is 0 Å². The van der Waals surface area contributed by atoms with Crippen LogP contribution in [0.15, 0.2) is 48.5 Å². The van der Waals surface area contributed by atoms with Gasteiger partial charge in [-0.2, -0.15) is 0 Å². The lowest BCUT2D eigenvalue weighted by Crippen LogP contribution is -2.05. The number of aryl methyl sites for hydroxylation is 1. The van der Waals surface area contributed by atoms with Gasteiger partial charge >= 0.3 is 0 Å². The van der Waals surface area contributed by atoms with E-state index in [1.54, 1.807) is 0 Å². The fraction of sp³-hybridized carbons (Fsp3) is 0.250. The lowest BCUT2D eigenvalue weighted by molar-refractivity contribution is 0.177. The van der Waals surface area contributed by atoms with E-state index in [0.717, 1.165) is 12.0 Å². The maximum Gasteiger partial charge on any atom is 0.0833 e. The minimum absolute atomic E-state index is 0.416. The summed E-state index contributed by atoms with van der Waals surface area (Å²) in [5.41, 5.74) is 3.46. The van der Waals surface area contributed by atoms with E-state index in [4.69, 9.17) is 0 Å². The zero-order valence-corrected chi connectivity index (χ0v) is 12.6. The molecule has 1 nitrogen and oxygen atoms in total. The van der Waals surface area contributed by atoms with Crippen LogP contribution in [0.25, 0.3) is 0 Å². The Kier molecular flexibility index (Phi) is 4.78. The molecule has 0 spiro atoms. The van der Waals surface area contributed by atoms with Gasteiger partial charge in [0.15, 0.2) is 0 Å². The van der Waals surface area contributed by atoms with Crippen molar-refractivity contribution < 1.29 is 5.11 Å². The smallest absolute Gasteiger partial charge is 0.0833 e. The van der Waals surface area contributed by atoms with Crippen LogP contribution in [0.2, 0.25) is 0 Å². The molecule has 0 saturated heterocycles. The van der Waals surface area contributed by atoms with Crippen molar-refractivity contribution in [1.82, 2.24) is 0 Å². The van der Waals surface area contributed by atoms with Crippen molar-refractivity contribution in [2.45, 2.75) is 25.9 Å². The molecule has 1 unspecified atom stereocenters. The zero-order valence-electron chi connectivity index (χ0n) is 10.4. The molecule has 0 aliphatic carbocycles. The van der Waals surface area contributed by atoms with Gasteiger partial charge in [-0.15, -0.1) is 0 Å². The first-order valence-electron chi connectivity index (χ1n) is 6.21. The first kappa shape index (κ1) is 13.6. The highest BCUT2D eigenvalue weighted by atomic mass is 127. The molecule has 2 aromatic rings. The van der Waals surface area contributed by atoms with Gasteiger partial charge in [-0.25, -0.2) is 0 Å². The van der Waals surface area contributed by atoms with Gasteiger partial charge in [0.1, 0.15) is 0 Å². The quantitative estimate of drug-likeness (QED) is 0.821. The summed E-state index contributed by atoms with van der Waals surface area (Å²) in [5.74, 6) is 0. The van der Waals surface area contributed by atoms with Crippen LogP contribution in [-0.4, -0.2) is 5.11 Å². The number of rotatable bonds is 4. The molecule has 1 atom stereocenters. The van der Waals surface area contributed by atoms with Gasteiger partial charge in [-0.1, -0.05) is 43.3 Å². The molecular weight excluding hydrogens is 335 g/mol. The third-order valence-corrected chi connectivity index (χ3v) is 3.86. The summed E-state index contributed by atoms with van der Waals surface area (Å²) in [5, 5.41) is 10.4. The predicted octanol–water partition coefficient (Wildman–Crippen LogP) is 4.13. The van der Waals surface area contributed by atoms with E-state index in [2.05, 4.69) is 59.8 Å².